The van der Waals surface area contributed by atoms with Gasteiger partial charge in [0.05, 0.1) is 7.11 Å². The van der Waals surface area contributed by atoms with Gasteiger partial charge in [0, 0.05) is 35.2 Å². The smallest absolute Gasteiger partial charge is 0.328 e. The lowest BCUT2D eigenvalue weighted by Gasteiger charge is -2.16. The summed E-state index contributed by atoms with van der Waals surface area (Å²) in [6.07, 6.45) is 4.74. The number of esters is 1. The Morgan fingerprint density at radius 3 is 2.57 bits per heavy atom. The van der Waals surface area contributed by atoms with E-state index in [-0.39, 0.29) is 6.42 Å². The van der Waals surface area contributed by atoms with Crippen LogP contribution >= 0.6 is 0 Å². The van der Waals surface area contributed by atoms with E-state index in [1.165, 1.54) is 18.7 Å². The van der Waals surface area contributed by atoms with E-state index in [0.29, 0.717) is 11.1 Å². The van der Waals surface area contributed by atoms with Crippen molar-refractivity contribution < 1.29 is 24.3 Å². The summed E-state index contributed by atoms with van der Waals surface area (Å²) in [5.74, 6) is -1.62. The Morgan fingerprint density at radius 2 is 1.87 bits per heavy atom. The lowest BCUT2D eigenvalue weighted by Crippen LogP contribution is -2.43. The SMILES string of the molecule is COC(=O)[C@@H](Cc1c[nH]c2ccccc12)NC(=O)c1ccc(/C=C/C(=O)NO)cc1. The second kappa shape index (κ2) is 9.53. The maximum absolute atomic E-state index is 12.6. The number of aromatic amines is 1. The Labute approximate surface area is 172 Å². The van der Waals surface area contributed by atoms with Crippen molar-refractivity contribution in [3.05, 3.63) is 77.5 Å². The Morgan fingerprint density at radius 1 is 1.13 bits per heavy atom. The predicted molar refractivity (Wildman–Crippen MR) is 111 cm³/mol. The van der Waals surface area contributed by atoms with Gasteiger partial charge in [0.15, 0.2) is 0 Å². The van der Waals surface area contributed by atoms with Crippen molar-refractivity contribution in [2.75, 3.05) is 7.11 Å². The zero-order valence-corrected chi connectivity index (χ0v) is 16.2. The number of ether oxygens (including phenoxy) is 1. The molecular formula is C22H21N3O5. The Bertz CT molecular complexity index is 1090. The van der Waals surface area contributed by atoms with E-state index in [9.17, 15) is 14.4 Å². The third-order valence-corrected chi connectivity index (χ3v) is 4.60. The van der Waals surface area contributed by atoms with E-state index in [2.05, 4.69) is 10.3 Å². The van der Waals surface area contributed by atoms with Crippen LogP contribution in [0.1, 0.15) is 21.5 Å². The summed E-state index contributed by atoms with van der Waals surface area (Å²) in [5, 5.41) is 12.2. The molecule has 30 heavy (non-hydrogen) atoms. The van der Waals surface area contributed by atoms with E-state index in [1.807, 2.05) is 30.5 Å². The van der Waals surface area contributed by atoms with Crippen LogP contribution < -0.4 is 10.8 Å². The maximum Gasteiger partial charge on any atom is 0.328 e. The van der Waals surface area contributed by atoms with Crippen molar-refractivity contribution in [3.63, 3.8) is 0 Å². The second-order valence-electron chi connectivity index (χ2n) is 6.54. The van der Waals surface area contributed by atoms with Gasteiger partial charge in [-0.3, -0.25) is 14.8 Å². The van der Waals surface area contributed by atoms with E-state index in [1.54, 1.807) is 24.3 Å². The number of para-hydroxylation sites is 1. The number of aromatic nitrogens is 1. The van der Waals surface area contributed by atoms with Gasteiger partial charge in [0.25, 0.3) is 11.8 Å². The summed E-state index contributed by atoms with van der Waals surface area (Å²) in [6, 6.07) is 13.3. The van der Waals surface area contributed by atoms with E-state index in [0.717, 1.165) is 22.5 Å². The number of benzene rings is 2. The van der Waals surface area contributed by atoms with Gasteiger partial charge in [0.2, 0.25) is 0 Å². The molecule has 1 aromatic heterocycles. The van der Waals surface area contributed by atoms with Crippen molar-refractivity contribution >= 4 is 34.8 Å². The Balaban J connectivity index is 1.73. The highest BCUT2D eigenvalue weighted by Crippen LogP contribution is 2.19. The number of fused-ring (bicyclic) bond motifs is 1. The number of methoxy groups -OCH3 is 1. The molecule has 154 valence electrons. The first-order valence-corrected chi connectivity index (χ1v) is 9.17. The Kier molecular flexibility index (Phi) is 6.61. The number of hydrogen-bond donors (Lipinski definition) is 4. The van der Waals surface area contributed by atoms with E-state index < -0.39 is 23.8 Å². The fraction of sp³-hybridized carbons (Fsp3) is 0.136. The lowest BCUT2D eigenvalue weighted by atomic mass is 10.0. The predicted octanol–water partition coefficient (Wildman–Crippen LogP) is 2.20. The van der Waals surface area contributed by atoms with Gasteiger partial charge >= 0.3 is 5.97 Å². The van der Waals surface area contributed by atoms with Gasteiger partial charge in [-0.2, -0.15) is 0 Å². The first-order chi connectivity index (χ1) is 14.5. The fourth-order valence-electron chi connectivity index (χ4n) is 3.05. The topological polar surface area (TPSA) is 121 Å². The quantitative estimate of drug-likeness (QED) is 0.207. The van der Waals surface area contributed by atoms with Crippen LogP contribution in [0.15, 0.2) is 60.8 Å². The molecule has 1 heterocycles. The molecule has 0 radical (unpaired) electrons. The number of hydroxylamine groups is 1. The molecular weight excluding hydrogens is 386 g/mol. The van der Waals surface area contributed by atoms with Crippen molar-refractivity contribution in [2.24, 2.45) is 0 Å². The highest BCUT2D eigenvalue weighted by Gasteiger charge is 2.23. The van der Waals surface area contributed by atoms with Crippen LogP contribution in [0.2, 0.25) is 0 Å². The minimum atomic E-state index is -0.852. The molecule has 8 nitrogen and oxygen atoms in total. The number of rotatable bonds is 7. The molecule has 0 aliphatic rings. The molecule has 0 saturated carbocycles. The van der Waals surface area contributed by atoms with E-state index >= 15 is 0 Å². The number of carbonyl (C=O) groups is 3. The van der Waals surface area contributed by atoms with Crippen molar-refractivity contribution in [2.45, 2.75) is 12.5 Å². The number of nitrogens with one attached hydrogen (secondary N) is 3. The van der Waals surface area contributed by atoms with Crippen LogP contribution in [0.25, 0.3) is 17.0 Å². The summed E-state index contributed by atoms with van der Waals surface area (Å²) >= 11 is 0. The zero-order chi connectivity index (χ0) is 21.5. The molecule has 4 N–H and O–H groups in total. The van der Waals surface area contributed by atoms with Gasteiger partial charge in [0.1, 0.15) is 6.04 Å². The standard InChI is InChI=1S/C22H21N3O5/c1-30-22(28)19(12-16-13-23-18-5-3-2-4-17(16)18)24-21(27)15-9-6-14(7-10-15)8-11-20(26)25-29/h2-11,13,19,23,29H,12H2,1H3,(H,24,27)(H,25,26)/b11-8+/t19-/m1/s1. The largest absolute Gasteiger partial charge is 0.467 e. The molecule has 0 unspecified atom stereocenters. The van der Waals surface area contributed by atoms with Crippen molar-refractivity contribution in [3.8, 4) is 0 Å². The van der Waals surface area contributed by atoms with Gasteiger partial charge < -0.3 is 15.0 Å². The number of H-pyrrole nitrogens is 1. The van der Waals surface area contributed by atoms with Crippen LogP contribution in [-0.2, 0) is 20.7 Å². The van der Waals surface area contributed by atoms with Crippen LogP contribution in [0.4, 0.5) is 0 Å². The number of carbonyl (C=O) groups excluding carboxylic acids is 3. The van der Waals surface area contributed by atoms with Crippen LogP contribution in [0, 0.1) is 0 Å². The highest BCUT2D eigenvalue weighted by molar-refractivity contribution is 5.97. The minimum Gasteiger partial charge on any atom is -0.467 e. The molecule has 0 saturated heterocycles. The molecule has 0 fully saturated rings. The molecule has 2 aromatic carbocycles. The molecule has 8 heteroatoms. The summed E-state index contributed by atoms with van der Waals surface area (Å²) in [4.78, 5) is 39.1. The fourth-order valence-corrected chi connectivity index (χ4v) is 3.05. The minimum absolute atomic E-state index is 0.277. The molecule has 2 amide bonds. The third-order valence-electron chi connectivity index (χ3n) is 4.60. The third kappa shape index (κ3) is 4.92. The van der Waals surface area contributed by atoms with Gasteiger partial charge in [-0.25, -0.2) is 10.3 Å². The average molecular weight is 407 g/mol. The molecule has 3 aromatic rings. The van der Waals surface area contributed by atoms with Crippen molar-refractivity contribution in [1.82, 2.24) is 15.8 Å². The molecule has 0 aliphatic heterocycles. The second-order valence-corrected chi connectivity index (χ2v) is 6.54. The summed E-state index contributed by atoms with van der Waals surface area (Å²) in [5.41, 5.74) is 4.35. The summed E-state index contributed by atoms with van der Waals surface area (Å²) in [7, 11) is 1.28. The van der Waals surface area contributed by atoms with Crippen molar-refractivity contribution in [1.29, 1.82) is 0 Å². The van der Waals surface area contributed by atoms with Crippen LogP contribution in [-0.4, -0.2) is 41.1 Å². The molecule has 0 bridgehead atoms. The first-order valence-electron chi connectivity index (χ1n) is 9.17. The maximum atomic E-state index is 12.6. The van der Waals surface area contributed by atoms with Crippen LogP contribution in [0.5, 0.6) is 0 Å². The summed E-state index contributed by atoms with van der Waals surface area (Å²) in [6.45, 7) is 0. The zero-order valence-electron chi connectivity index (χ0n) is 16.2. The number of hydrogen-bond acceptors (Lipinski definition) is 5. The lowest BCUT2D eigenvalue weighted by molar-refractivity contribution is -0.142. The van der Waals surface area contributed by atoms with Gasteiger partial charge in [-0.15, -0.1) is 0 Å². The molecule has 0 aliphatic carbocycles. The number of amides is 2. The summed E-state index contributed by atoms with van der Waals surface area (Å²) < 4.78 is 4.86. The molecule has 3 rings (SSSR count). The van der Waals surface area contributed by atoms with E-state index in [4.69, 9.17) is 9.94 Å². The monoisotopic (exact) mass is 407 g/mol. The molecule has 0 spiro atoms. The molecule has 1 atom stereocenters. The first kappa shape index (κ1) is 20.8. The normalized spacial score (nSPS) is 11.9. The van der Waals surface area contributed by atoms with Gasteiger partial charge in [-0.1, -0.05) is 30.3 Å². The van der Waals surface area contributed by atoms with Crippen LogP contribution in [0.3, 0.4) is 0 Å². The average Bonchev–Trinajstić information content (AvgIpc) is 3.19. The highest BCUT2D eigenvalue weighted by atomic mass is 16.5. The Hall–Kier alpha value is -3.91. The van der Waals surface area contributed by atoms with Gasteiger partial charge in [-0.05, 0) is 35.4 Å².